The molecule has 2 aromatic carbocycles. The summed E-state index contributed by atoms with van der Waals surface area (Å²) in [5.74, 6) is 0. The van der Waals surface area contributed by atoms with Gasteiger partial charge < -0.3 is 4.98 Å². The lowest BCUT2D eigenvalue weighted by atomic mass is 10.0. The molecule has 4 rings (SSSR count). The van der Waals surface area contributed by atoms with E-state index in [0.29, 0.717) is 0 Å². The molecule has 1 heterocycles. The fraction of sp³-hybridized carbons (Fsp3) is 0.286. The van der Waals surface area contributed by atoms with Crippen LogP contribution in [0.5, 0.6) is 0 Å². The summed E-state index contributed by atoms with van der Waals surface area (Å²) in [7, 11) is 0. The summed E-state index contributed by atoms with van der Waals surface area (Å²) in [4.78, 5) is 18.0. The van der Waals surface area contributed by atoms with Gasteiger partial charge in [-0.25, -0.2) is 0 Å². The van der Waals surface area contributed by atoms with Crippen molar-refractivity contribution in [2.45, 2.75) is 26.8 Å². The molecule has 1 aromatic heterocycles. The van der Waals surface area contributed by atoms with Crippen LogP contribution in [0.3, 0.4) is 0 Å². The second-order valence-electron chi connectivity index (χ2n) is 6.43. The maximum Gasteiger partial charge on any atom is 0.256 e. The zero-order valence-corrected chi connectivity index (χ0v) is 14.2. The molecule has 0 fully saturated rings. The first-order valence-corrected chi connectivity index (χ1v) is 8.70. The Bertz CT molecular complexity index is 967. The quantitative estimate of drug-likeness (QED) is 0.618. The topological polar surface area (TPSA) is 36.1 Å². The smallest absolute Gasteiger partial charge is 0.256 e. The van der Waals surface area contributed by atoms with E-state index in [1.165, 1.54) is 22.3 Å². The van der Waals surface area contributed by atoms with Gasteiger partial charge in [0.1, 0.15) is 0 Å². The second-order valence-corrected chi connectivity index (χ2v) is 6.43. The number of hydrogen-bond donors (Lipinski definition) is 1. The summed E-state index contributed by atoms with van der Waals surface area (Å²) in [6, 6.07) is 14.4. The summed E-state index contributed by atoms with van der Waals surface area (Å²) >= 11 is 0. The van der Waals surface area contributed by atoms with Crippen molar-refractivity contribution in [3.8, 4) is 11.3 Å². The van der Waals surface area contributed by atoms with Crippen LogP contribution in [0.4, 0.5) is 0 Å². The largest absolute Gasteiger partial charge is 0.321 e. The Labute approximate surface area is 141 Å². The summed E-state index contributed by atoms with van der Waals surface area (Å²) in [5, 5.41) is 1.87. The number of nitrogens with one attached hydrogen (secondary N) is 1. The third kappa shape index (κ3) is 2.28. The van der Waals surface area contributed by atoms with Crippen LogP contribution in [-0.4, -0.2) is 23.0 Å². The Balaban J connectivity index is 1.88. The van der Waals surface area contributed by atoms with Crippen molar-refractivity contribution in [2.24, 2.45) is 0 Å². The van der Waals surface area contributed by atoms with E-state index in [9.17, 15) is 4.79 Å². The van der Waals surface area contributed by atoms with Crippen molar-refractivity contribution in [2.75, 3.05) is 13.1 Å². The summed E-state index contributed by atoms with van der Waals surface area (Å²) in [6.07, 6.45) is 0.902. The molecule has 1 N–H and O–H groups in total. The lowest BCUT2D eigenvalue weighted by Gasteiger charge is -2.20. The first-order valence-electron chi connectivity index (χ1n) is 8.70. The van der Waals surface area contributed by atoms with Crippen molar-refractivity contribution >= 4 is 10.8 Å². The first-order chi connectivity index (χ1) is 11.7. The van der Waals surface area contributed by atoms with Crippen molar-refractivity contribution in [1.82, 2.24) is 9.88 Å². The molecule has 3 heteroatoms. The third-order valence-corrected chi connectivity index (χ3v) is 5.22. The molecule has 0 bridgehead atoms. The summed E-state index contributed by atoms with van der Waals surface area (Å²) < 4.78 is 0. The molecule has 0 unspecified atom stereocenters. The van der Waals surface area contributed by atoms with Gasteiger partial charge in [0.15, 0.2) is 0 Å². The van der Waals surface area contributed by atoms with Gasteiger partial charge >= 0.3 is 0 Å². The summed E-state index contributed by atoms with van der Waals surface area (Å²) in [5.41, 5.74) is 6.20. The first kappa shape index (κ1) is 15.2. The molecule has 0 saturated heterocycles. The molecule has 1 aliphatic rings. The van der Waals surface area contributed by atoms with E-state index in [2.05, 4.69) is 48.0 Å². The molecule has 3 aromatic rings. The second kappa shape index (κ2) is 5.91. The van der Waals surface area contributed by atoms with Crippen LogP contribution in [0.2, 0.25) is 0 Å². The van der Waals surface area contributed by atoms with E-state index >= 15 is 0 Å². The van der Waals surface area contributed by atoms with E-state index in [-0.39, 0.29) is 5.56 Å². The number of H-pyrrole nitrogens is 1. The van der Waals surface area contributed by atoms with Crippen LogP contribution < -0.4 is 5.56 Å². The molecule has 0 aliphatic heterocycles. The molecular formula is C21H22N2O. The molecule has 0 amide bonds. The van der Waals surface area contributed by atoms with Gasteiger partial charge in [0.25, 0.3) is 5.56 Å². The Morgan fingerprint density at radius 1 is 0.958 bits per heavy atom. The molecule has 3 nitrogen and oxygen atoms in total. The highest BCUT2D eigenvalue weighted by atomic mass is 16.1. The Morgan fingerprint density at radius 3 is 2.46 bits per heavy atom. The number of aromatic amines is 1. The minimum absolute atomic E-state index is 0.00588. The van der Waals surface area contributed by atoms with Crippen molar-refractivity contribution in [1.29, 1.82) is 0 Å². The van der Waals surface area contributed by atoms with Gasteiger partial charge in [-0.05, 0) is 41.2 Å². The minimum Gasteiger partial charge on any atom is -0.321 e. The van der Waals surface area contributed by atoms with Crippen molar-refractivity contribution in [3.05, 3.63) is 69.5 Å². The van der Waals surface area contributed by atoms with E-state index in [4.69, 9.17) is 0 Å². The number of fused-ring (bicyclic) bond motifs is 5. The van der Waals surface area contributed by atoms with Gasteiger partial charge in [0.2, 0.25) is 0 Å². The standard InChI is InChI=1S/C21H22N2O/c1-3-23(4-2)13-14-8-7-11-16-18(14)12-19-15-9-5-6-10-17(15)21(24)22-20(16)19/h5-11H,3-4,12-13H2,1-2H3,(H,22,24). The fourth-order valence-corrected chi connectivity index (χ4v) is 3.84. The average molecular weight is 318 g/mol. The Morgan fingerprint density at radius 2 is 1.71 bits per heavy atom. The van der Waals surface area contributed by atoms with Crippen LogP contribution in [0.1, 0.15) is 30.5 Å². The van der Waals surface area contributed by atoms with Gasteiger partial charge in [0, 0.05) is 23.9 Å². The highest BCUT2D eigenvalue weighted by molar-refractivity contribution is 5.93. The normalized spacial score (nSPS) is 12.6. The molecule has 0 saturated carbocycles. The van der Waals surface area contributed by atoms with Gasteiger partial charge in [-0.1, -0.05) is 50.2 Å². The molecule has 24 heavy (non-hydrogen) atoms. The van der Waals surface area contributed by atoms with Crippen molar-refractivity contribution < 1.29 is 0 Å². The zero-order chi connectivity index (χ0) is 16.7. The van der Waals surface area contributed by atoms with Crippen LogP contribution in [-0.2, 0) is 13.0 Å². The Hall–Kier alpha value is -2.39. The van der Waals surface area contributed by atoms with Crippen LogP contribution in [0.25, 0.3) is 22.0 Å². The Kier molecular flexibility index (Phi) is 3.73. The van der Waals surface area contributed by atoms with E-state index in [1.54, 1.807) is 0 Å². The molecular weight excluding hydrogens is 296 g/mol. The number of pyridine rings is 1. The number of benzene rings is 2. The van der Waals surface area contributed by atoms with Gasteiger partial charge in [-0.2, -0.15) is 0 Å². The van der Waals surface area contributed by atoms with Crippen LogP contribution >= 0.6 is 0 Å². The molecule has 0 spiro atoms. The molecule has 0 radical (unpaired) electrons. The monoisotopic (exact) mass is 318 g/mol. The number of nitrogens with zero attached hydrogens (tertiary/aromatic N) is 1. The van der Waals surface area contributed by atoms with E-state index < -0.39 is 0 Å². The van der Waals surface area contributed by atoms with Crippen LogP contribution in [0.15, 0.2) is 47.3 Å². The van der Waals surface area contributed by atoms with E-state index in [0.717, 1.165) is 42.5 Å². The maximum absolute atomic E-state index is 12.4. The highest BCUT2D eigenvalue weighted by Crippen LogP contribution is 2.39. The SMILES string of the molecule is CCN(CC)Cc1cccc2c1Cc1c-2[nH]c(=O)c2ccccc12. The van der Waals surface area contributed by atoms with Crippen LogP contribution in [0, 0.1) is 0 Å². The van der Waals surface area contributed by atoms with E-state index in [1.807, 2.05) is 18.2 Å². The molecule has 1 aliphatic carbocycles. The lowest BCUT2D eigenvalue weighted by Crippen LogP contribution is -2.22. The maximum atomic E-state index is 12.4. The lowest BCUT2D eigenvalue weighted by molar-refractivity contribution is 0.295. The predicted molar refractivity (Wildman–Crippen MR) is 99.4 cm³/mol. The van der Waals surface area contributed by atoms with Gasteiger partial charge in [-0.15, -0.1) is 0 Å². The van der Waals surface area contributed by atoms with Gasteiger partial charge in [-0.3, -0.25) is 9.69 Å². The summed E-state index contributed by atoms with van der Waals surface area (Å²) in [6.45, 7) is 7.46. The zero-order valence-electron chi connectivity index (χ0n) is 14.2. The number of hydrogen-bond acceptors (Lipinski definition) is 2. The minimum atomic E-state index is 0.00588. The number of rotatable bonds is 4. The molecule has 122 valence electrons. The average Bonchev–Trinajstić information content (AvgIpc) is 2.99. The highest BCUT2D eigenvalue weighted by Gasteiger charge is 2.24. The fourth-order valence-electron chi connectivity index (χ4n) is 3.84. The molecule has 0 atom stereocenters. The predicted octanol–water partition coefficient (Wildman–Crippen LogP) is 3.94. The van der Waals surface area contributed by atoms with Crippen molar-refractivity contribution in [3.63, 3.8) is 0 Å². The van der Waals surface area contributed by atoms with Gasteiger partial charge in [0.05, 0.1) is 5.69 Å². The number of aromatic nitrogens is 1. The third-order valence-electron chi connectivity index (χ3n) is 5.22.